The molecule has 78 valence electrons. The summed E-state index contributed by atoms with van der Waals surface area (Å²) >= 11 is 1.78. The Morgan fingerprint density at radius 2 is 2.14 bits per heavy atom. The number of hydrogen-bond donors (Lipinski definition) is 1. The molecule has 14 heavy (non-hydrogen) atoms. The second-order valence-electron chi connectivity index (χ2n) is 3.64. The highest BCUT2D eigenvalue weighted by atomic mass is 32.2. The van der Waals surface area contributed by atoms with Crippen LogP contribution in [0.2, 0.25) is 0 Å². The van der Waals surface area contributed by atoms with Gasteiger partial charge in [0.2, 0.25) is 0 Å². The number of rotatable bonds is 4. The minimum Gasteiger partial charge on any atom is -0.324 e. The Morgan fingerprint density at radius 3 is 2.71 bits per heavy atom. The summed E-state index contributed by atoms with van der Waals surface area (Å²) in [6.45, 7) is 4.29. The monoisotopic (exact) mass is 209 g/mol. The van der Waals surface area contributed by atoms with Gasteiger partial charge in [0.1, 0.15) is 0 Å². The van der Waals surface area contributed by atoms with Gasteiger partial charge in [-0.2, -0.15) is 0 Å². The molecule has 1 aromatic carbocycles. The predicted octanol–water partition coefficient (Wildman–Crippen LogP) is 3.52. The lowest BCUT2D eigenvalue weighted by Gasteiger charge is -2.15. The van der Waals surface area contributed by atoms with Crippen molar-refractivity contribution in [1.29, 1.82) is 0 Å². The van der Waals surface area contributed by atoms with E-state index in [1.807, 2.05) is 0 Å². The van der Waals surface area contributed by atoms with E-state index in [1.165, 1.54) is 16.0 Å². The zero-order valence-electron chi connectivity index (χ0n) is 9.21. The van der Waals surface area contributed by atoms with Crippen LogP contribution < -0.4 is 5.73 Å². The third-order valence-electron chi connectivity index (χ3n) is 2.38. The third-order valence-corrected chi connectivity index (χ3v) is 3.20. The number of benzene rings is 1. The highest BCUT2D eigenvalue weighted by Crippen LogP contribution is 2.27. The lowest BCUT2D eigenvalue weighted by Crippen LogP contribution is -2.11. The van der Waals surface area contributed by atoms with Gasteiger partial charge < -0.3 is 5.73 Å². The van der Waals surface area contributed by atoms with Crippen LogP contribution in [0.1, 0.15) is 36.9 Å². The van der Waals surface area contributed by atoms with Crippen molar-refractivity contribution < 1.29 is 0 Å². The largest absolute Gasteiger partial charge is 0.324 e. The minimum absolute atomic E-state index is 0.197. The van der Waals surface area contributed by atoms with Crippen LogP contribution in [0.3, 0.4) is 0 Å². The van der Waals surface area contributed by atoms with Crippen molar-refractivity contribution in [3.63, 3.8) is 0 Å². The van der Waals surface area contributed by atoms with Gasteiger partial charge >= 0.3 is 0 Å². The van der Waals surface area contributed by atoms with Crippen molar-refractivity contribution in [2.45, 2.75) is 37.6 Å². The first-order valence-electron chi connectivity index (χ1n) is 5.09. The molecule has 2 heteroatoms. The number of thioether (sulfide) groups is 1. The molecule has 0 heterocycles. The van der Waals surface area contributed by atoms with E-state index in [4.69, 9.17) is 5.73 Å². The Kier molecular flexibility index (Phi) is 4.49. The van der Waals surface area contributed by atoms with Crippen LogP contribution in [0.25, 0.3) is 0 Å². The molecule has 1 unspecified atom stereocenters. The van der Waals surface area contributed by atoms with Crippen molar-refractivity contribution >= 4 is 11.8 Å². The molecule has 0 aromatic heterocycles. The zero-order valence-corrected chi connectivity index (χ0v) is 10.0. The minimum atomic E-state index is 0.197. The molecule has 1 rings (SSSR count). The van der Waals surface area contributed by atoms with Crippen molar-refractivity contribution in [3.05, 3.63) is 29.3 Å². The fourth-order valence-corrected chi connectivity index (χ4v) is 2.26. The maximum Gasteiger partial charge on any atom is 0.0305 e. The van der Waals surface area contributed by atoms with E-state index >= 15 is 0 Å². The van der Waals surface area contributed by atoms with Crippen molar-refractivity contribution in [2.75, 3.05) is 6.26 Å². The molecule has 2 N–H and O–H groups in total. The Balaban J connectivity index is 2.97. The second-order valence-corrected chi connectivity index (χ2v) is 4.49. The summed E-state index contributed by atoms with van der Waals surface area (Å²) in [6, 6.07) is 6.73. The summed E-state index contributed by atoms with van der Waals surface area (Å²) in [6.07, 6.45) is 4.31. The second kappa shape index (κ2) is 5.42. The molecule has 0 spiro atoms. The van der Waals surface area contributed by atoms with E-state index in [-0.39, 0.29) is 6.04 Å². The average Bonchev–Trinajstić information content (AvgIpc) is 2.18. The molecule has 1 aromatic rings. The smallest absolute Gasteiger partial charge is 0.0305 e. The van der Waals surface area contributed by atoms with Gasteiger partial charge in [0.25, 0.3) is 0 Å². The lowest BCUT2D eigenvalue weighted by molar-refractivity contribution is 0.628. The number of hydrogen-bond acceptors (Lipinski definition) is 2. The highest BCUT2D eigenvalue weighted by Gasteiger charge is 2.09. The predicted molar refractivity (Wildman–Crippen MR) is 64.8 cm³/mol. The van der Waals surface area contributed by atoms with Gasteiger partial charge in [-0.25, -0.2) is 0 Å². The highest BCUT2D eigenvalue weighted by molar-refractivity contribution is 7.98. The molecule has 1 atom stereocenters. The van der Waals surface area contributed by atoms with Gasteiger partial charge in [-0.3, -0.25) is 0 Å². The summed E-state index contributed by atoms with van der Waals surface area (Å²) < 4.78 is 0. The number of nitrogens with two attached hydrogens (primary N) is 1. The molecule has 0 saturated heterocycles. The Bertz CT molecular complexity index is 296. The summed E-state index contributed by atoms with van der Waals surface area (Å²) in [7, 11) is 0. The van der Waals surface area contributed by atoms with Gasteiger partial charge in [0.05, 0.1) is 0 Å². The van der Waals surface area contributed by atoms with Crippen molar-refractivity contribution in [3.8, 4) is 0 Å². The Labute approximate surface area is 91.1 Å². The Morgan fingerprint density at radius 1 is 1.43 bits per heavy atom. The van der Waals surface area contributed by atoms with E-state index in [0.29, 0.717) is 0 Å². The molecule has 1 nitrogen and oxygen atoms in total. The van der Waals surface area contributed by atoms with Gasteiger partial charge in [0.15, 0.2) is 0 Å². The summed E-state index contributed by atoms with van der Waals surface area (Å²) in [4.78, 5) is 1.32. The SMILES string of the molecule is CCCC(N)c1cc(C)ccc1SC. The first kappa shape index (κ1) is 11.6. The fourth-order valence-electron chi connectivity index (χ4n) is 1.61. The molecular formula is C12H19NS. The molecule has 0 radical (unpaired) electrons. The lowest BCUT2D eigenvalue weighted by atomic mass is 10.0. The van der Waals surface area contributed by atoms with Crippen LogP contribution in [0.4, 0.5) is 0 Å². The Hall–Kier alpha value is -0.470. The van der Waals surface area contributed by atoms with E-state index in [2.05, 4.69) is 38.3 Å². The normalized spacial score (nSPS) is 12.9. The molecule has 0 aliphatic heterocycles. The van der Waals surface area contributed by atoms with E-state index in [9.17, 15) is 0 Å². The average molecular weight is 209 g/mol. The van der Waals surface area contributed by atoms with E-state index in [0.717, 1.165) is 12.8 Å². The molecular weight excluding hydrogens is 190 g/mol. The van der Waals surface area contributed by atoms with Gasteiger partial charge in [-0.15, -0.1) is 11.8 Å². The molecule has 0 aliphatic rings. The molecule has 0 fully saturated rings. The van der Waals surface area contributed by atoms with Crippen molar-refractivity contribution in [1.82, 2.24) is 0 Å². The molecule has 0 aliphatic carbocycles. The van der Waals surface area contributed by atoms with Gasteiger partial charge in [-0.05, 0) is 31.2 Å². The van der Waals surface area contributed by atoms with Gasteiger partial charge in [-0.1, -0.05) is 31.0 Å². The maximum absolute atomic E-state index is 6.14. The van der Waals surface area contributed by atoms with Crippen LogP contribution in [0, 0.1) is 6.92 Å². The molecule has 0 saturated carbocycles. The van der Waals surface area contributed by atoms with Crippen LogP contribution >= 0.6 is 11.8 Å². The van der Waals surface area contributed by atoms with E-state index in [1.54, 1.807) is 11.8 Å². The first-order chi connectivity index (χ1) is 6.69. The first-order valence-corrected chi connectivity index (χ1v) is 6.31. The zero-order chi connectivity index (χ0) is 10.6. The summed E-state index contributed by atoms with van der Waals surface area (Å²) in [5.41, 5.74) is 8.74. The fraction of sp³-hybridized carbons (Fsp3) is 0.500. The van der Waals surface area contributed by atoms with Crippen LogP contribution in [0.15, 0.2) is 23.1 Å². The topological polar surface area (TPSA) is 26.0 Å². The van der Waals surface area contributed by atoms with Crippen LogP contribution in [-0.2, 0) is 0 Å². The van der Waals surface area contributed by atoms with Crippen LogP contribution in [-0.4, -0.2) is 6.26 Å². The quantitative estimate of drug-likeness (QED) is 0.768. The van der Waals surface area contributed by atoms with Crippen LogP contribution in [0.5, 0.6) is 0 Å². The third kappa shape index (κ3) is 2.76. The molecule has 0 amide bonds. The van der Waals surface area contributed by atoms with Gasteiger partial charge in [0, 0.05) is 10.9 Å². The summed E-state index contributed by atoms with van der Waals surface area (Å²) in [5.74, 6) is 0. The number of aryl methyl sites for hydroxylation is 1. The standard InChI is InChI=1S/C12H19NS/c1-4-5-11(13)10-8-9(2)6-7-12(10)14-3/h6-8,11H,4-5,13H2,1-3H3. The van der Waals surface area contributed by atoms with E-state index < -0.39 is 0 Å². The summed E-state index contributed by atoms with van der Waals surface area (Å²) in [5, 5.41) is 0. The maximum atomic E-state index is 6.14. The van der Waals surface area contributed by atoms with Crippen molar-refractivity contribution in [2.24, 2.45) is 5.73 Å². The molecule has 0 bridgehead atoms.